The molecule has 0 saturated heterocycles. The van der Waals surface area contributed by atoms with Crippen LogP contribution in [0.5, 0.6) is 0 Å². The summed E-state index contributed by atoms with van der Waals surface area (Å²) in [6, 6.07) is -0.546. The first-order valence-electron chi connectivity index (χ1n) is 11.2. The topological polar surface area (TPSA) is 78.0 Å². The number of hydrogen-bond donors (Lipinski definition) is 3. The third-order valence-corrected chi connectivity index (χ3v) is 5.19. The third kappa shape index (κ3) is 15.5. The summed E-state index contributed by atoms with van der Waals surface area (Å²) in [5, 5.41) is 12.4. The third-order valence-electron chi connectivity index (χ3n) is 5.19. The van der Waals surface area contributed by atoms with Crippen LogP contribution in [0.3, 0.4) is 0 Å². The molecule has 0 spiro atoms. The first-order chi connectivity index (χ1) is 13.2. The Hall–Kier alpha value is -0.360. The zero-order valence-electron chi connectivity index (χ0n) is 17.3. The summed E-state index contributed by atoms with van der Waals surface area (Å²) in [6.07, 6.45) is 22.5. The standard InChI is InChI=1S/C22H41N3O2.Na.H/c1-2-3-4-5-6-7-8-9-10-11-12-13-14-15-16-24-21(22(26)27)17-20-18-23-19-25-20;;/h18-19,21,24H,2-17H2,1H3,(H,23,25)(H,26,27);;. The fraction of sp³-hybridized carbons (Fsp3) is 0.818. The van der Waals surface area contributed by atoms with E-state index in [1.165, 1.54) is 83.5 Å². The number of rotatable bonds is 19. The number of H-pyrrole nitrogens is 1. The summed E-state index contributed by atoms with van der Waals surface area (Å²) in [6.45, 7) is 3.03. The zero-order valence-corrected chi connectivity index (χ0v) is 17.3. The molecule has 0 radical (unpaired) electrons. The van der Waals surface area contributed by atoms with Gasteiger partial charge in [-0.15, -0.1) is 0 Å². The zero-order chi connectivity index (χ0) is 19.6. The first-order valence-corrected chi connectivity index (χ1v) is 11.2. The average Bonchev–Trinajstić information content (AvgIpc) is 3.17. The van der Waals surface area contributed by atoms with Gasteiger partial charge in [0.25, 0.3) is 0 Å². The molecule has 0 aliphatic carbocycles. The van der Waals surface area contributed by atoms with Crippen molar-refractivity contribution in [2.45, 2.75) is 109 Å². The Morgan fingerprint density at radius 3 is 1.89 bits per heavy atom. The van der Waals surface area contributed by atoms with E-state index in [9.17, 15) is 9.90 Å². The van der Waals surface area contributed by atoms with E-state index in [1.807, 2.05) is 0 Å². The van der Waals surface area contributed by atoms with E-state index in [-0.39, 0.29) is 29.6 Å². The molecule has 6 heteroatoms. The molecule has 1 unspecified atom stereocenters. The number of nitrogens with one attached hydrogen (secondary N) is 2. The van der Waals surface area contributed by atoms with E-state index in [0.29, 0.717) is 6.42 Å². The van der Waals surface area contributed by atoms with E-state index >= 15 is 0 Å². The first kappa shape index (κ1) is 27.6. The second kappa shape index (κ2) is 19.9. The fourth-order valence-electron chi connectivity index (χ4n) is 3.45. The Balaban J connectivity index is 0.00000729. The predicted molar refractivity (Wildman–Crippen MR) is 119 cm³/mol. The van der Waals surface area contributed by atoms with Crippen molar-refractivity contribution in [1.82, 2.24) is 15.3 Å². The van der Waals surface area contributed by atoms with Gasteiger partial charge in [0.1, 0.15) is 6.04 Å². The normalized spacial score (nSPS) is 11.9. The summed E-state index contributed by atoms with van der Waals surface area (Å²) >= 11 is 0. The Kier molecular flexibility index (Phi) is 19.7. The summed E-state index contributed by atoms with van der Waals surface area (Å²) in [5.74, 6) is -0.802. The number of nitrogens with zero attached hydrogens (tertiary/aromatic N) is 1. The van der Waals surface area contributed by atoms with Crippen LogP contribution >= 0.6 is 0 Å². The second-order valence-corrected chi connectivity index (χ2v) is 7.71. The van der Waals surface area contributed by atoms with E-state index in [4.69, 9.17) is 0 Å². The van der Waals surface area contributed by atoms with Gasteiger partial charge in [0.15, 0.2) is 0 Å². The summed E-state index contributed by atoms with van der Waals surface area (Å²) in [4.78, 5) is 18.3. The summed E-state index contributed by atoms with van der Waals surface area (Å²) in [7, 11) is 0. The molecule has 0 saturated carbocycles. The quantitative estimate of drug-likeness (QED) is 0.228. The van der Waals surface area contributed by atoms with E-state index in [2.05, 4.69) is 22.2 Å². The molecule has 0 amide bonds. The minimum absolute atomic E-state index is 0. The molecule has 1 aromatic rings. The Morgan fingerprint density at radius 1 is 0.964 bits per heavy atom. The minimum atomic E-state index is -0.802. The van der Waals surface area contributed by atoms with Crippen molar-refractivity contribution >= 4 is 35.5 Å². The summed E-state index contributed by atoms with van der Waals surface area (Å²) < 4.78 is 0. The van der Waals surface area contributed by atoms with Gasteiger partial charge in [-0.2, -0.15) is 0 Å². The van der Waals surface area contributed by atoms with Crippen LogP contribution in [0, 0.1) is 0 Å². The van der Waals surface area contributed by atoms with Crippen molar-refractivity contribution < 1.29 is 9.90 Å². The molecule has 1 rings (SSSR count). The summed E-state index contributed by atoms with van der Waals surface area (Å²) in [5.41, 5.74) is 0.788. The molecule has 158 valence electrons. The molecule has 1 atom stereocenters. The number of unbranched alkanes of at least 4 members (excludes halogenated alkanes) is 13. The van der Waals surface area contributed by atoms with Crippen LogP contribution < -0.4 is 5.32 Å². The monoisotopic (exact) mass is 403 g/mol. The Morgan fingerprint density at radius 2 is 1.46 bits per heavy atom. The van der Waals surface area contributed by atoms with E-state index in [1.54, 1.807) is 12.5 Å². The number of carboxylic acids is 1. The second-order valence-electron chi connectivity index (χ2n) is 7.71. The molecule has 0 aliphatic heterocycles. The molecule has 0 aromatic carbocycles. The number of hydrogen-bond acceptors (Lipinski definition) is 3. The SMILES string of the molecule is CCCCCCCCCCCCCCCCNC(Cc1c[nH]cn1)C(=O)O.[NaH]. The van der Waals surface area contributed by atoms with Crippen LogP contribution in [0.2, 0.25) is 0 Å². The molecule has 28 heavy (non-hydrogen) atoms. The van der Waals surface area contributed by atoms with Crippen LogP contribution in [-0.4, -0.2) is 63.2 Å². The van der Waals surface area contributed by atoms with Gasteiger partial charge in [-0.25, -0.2) is 4.98 Å². The predicted octanol–water partition coefficient (Wildman–Crippen LogP) is 4.83. The van der Waals surface area contributed by atoms with Crippen LogP contribution in [0.15, 0.2) is 12.5 Å². The number of carbonyl (C=O) groups is 1. The van der Waals surface area contributed by atoms with Crippen molar-refractivity contribution in [2.75, 3.05) is 6.54 Å². The molecule has 1 heterocycles. The number of carboxylic acid groups (broad SMARTS) is 1. The molecule has 5 nitrogen and oxygen atoms in total. The molecule has 0 aliphatic rings. The van der Waals surface area contributed by atoms with E-state index in [0.717, 1.165) is 18.7 Å². The number of aromatic amines is 1. The fourth-order valence-corrected chi connectivity index (χ4v) is 3.45. The Labute approximate surface area is 194 Å². The van der Waals surface area contributed by atoms with Crippen LogP contribution in [0.1, 0.15) is 103 Å². The van der Waals surface area contributed by atoms with Gasteiger partial charge in [0.05, 0.1) is 12.0 Å². The molecule has 1 aromatic heterocycles. The molecule has 3 N–H and O–H groups in total. The Bertz CT molecular complexity index is 455. The van der Waals surface area contributed by atoms with Crippen LogP contribution in [0.4, 0.5) is 0 Å². The van der Waals surface area contributed by atoms with Gasteiger partial charge in [-0.1, -0.05) is 90.4 Å². The van der Waals surface area contributed by atoms with Crippen LogP contribution in [0.25, 0.3) is 0 Å². The average molecular weight is 404 g/mol. The maximum absolute atomic E-state index is 11.3. The molecule has 0 bridgehead atoms. The van der Waals surface area contributed by atoms with E-state index < -0.39 is 12.0 Å². The van der Waals surface area contributed by atoms with Crippen molar-refractivity contribution in [3.8, 4) is 0 Å². The van der Waals surface area contributed by atoms with Gasteiger partial charge in [0.2, 0.25) is 0 Å². The number of aromatic nitrogens is 2. The van der Waals surface area contributed by atoms with Gasteiger partial charge < -0.3 is 15.4 Å². The molecular weight excluding hydrogens is 361 g/mol. The van der Waals surface area contributed by atoms with Gasteiger partial charge in [-0.3, -0.25) is 4.79 Å². The van der Waals surface area contributed by atoms with Crippen molar-refractivity contribution in [2.24, 2.45) is 0 Å². The van der Waals surface area contributed by atoms with Crippen molar-refractivity contribution in [1.29, 1.82) is 0 Å². The molecule has 0 fully saturated rings. The molecular formula is C22H42N3NaO2. The van der Waals surface area contributed by atoms with Crippen molar-refractivity contribution in [3.63, 3.8) is 0 Å². The number of aliphatic carboxylic acids is 1. The van der Waals surface area contributed by atoms with Gasteiger partial charge >= 0.3 is 35.5 Å². The van der Waals surface area contributed by atoms with Gasteiger partial charge in [-0.05, 0) is 13.0 Å². The van der Waals surface area contributed by atoms with Crippen molar-refractivity contribution in [3.05, 3.63) is 18.2 Å². The maximum atomic E-state index is 11.3. The number of imidazole rings is 1. The van der Waals surface area contributed by atoms with Crippen LogP contribution in [-0.2, 0) is 11.2 Å². The van der Waals surface area contributed by atoms with Gasteiger partial charge in [0, 0.05) is 12.6 Å².